The van der Waals surface area contributed by atoms with Gasteiger partial charge in [-0.05, 0) is 44.0 Å². The molecule has 0 saturated carbocycles. The number of piperidine rings is 1. The lowest BCUT2D eigenvalue weighted by Gasteiger charge is -2.39. The van der Waals surface area contributed by atoms with E-state index in [9.17, 15) is 17.6 Å². The second-order valence-electron chi connectivity index (χ2n) is 5.77. The van der Waals surface area contributed by atoms with E-state index in [-0.39, 0.29) is 35.8 Å². The van der Waals surface area contributed by atoms with Crippen molar-refractivity contribution in [2.45, 2.75) is 30.7 Å². The van der Waals surface area contributed by atoms with E-state index in [1.54, 1.807) is 4.90 Å². The number of halogens is 2. The summed E-state index contributed by atoms with van der Waals surface area (Å²) in [5, 5.41) is 0. The third kappa shape index (κ3) is 4.05. The number of carbonyl (C=O) groups excluding carboxylic acids is 1. The van der Waals surface area contributed by atoms with Crippen molar-refractivity contribution in [3.05, 3.63) is 29.6 Å². The van der Waals surface area contributed by atoms with Crippen LogP contribution in [0.3, 0.4) is 0 Å². The highest BCUT2D eigenvalue weighted by atomic mass is 35.5. The van der Waals surface area contributed by atoms with Crippen molar-refractivity contribution < 1.29 is 17.6 Å². The SMILES string of the molecule is CNS(=O)(=O)c1cc(C(=O)N2CCCC(C)C2CN)ccc1F.Cl. The Morgan fingerprint density at radius 3 is 2.71 bits per heavy atom. The largest absolute Gasteiger partial charge is 0.334 e. The summed E-state index contributed by atoms with van der Waals surface area (Å²) < 4.78 is 39.6. The molecule has 2 unspecified atom stereocenters. The van der Waals surface area contributed by atoms with Crippen LogP contribution < -0.4 is 10.5 Å². The molecular formula is C15H23ClFN3O3S. The first-order valence-electron chi connectivity index (χ1n) is 7.56. The zero-order valence-corrected chi connectivity index (χ0v) is 15.3. The molecule has 1 amide bonds. The van der Waals surface area contributed by atoms with E-state index < -0.39 is 20.7 Å². The molecule has 1 aliphatic rings. The fourth-order valence-electron chi connectivity index (χ4n) is 2.98. The molecule has 136 valence electrons. The van der Waals surface area contributed by atoms with Crippen molar-refractivity contribution in [1.29, 1.82) is 0 Å². The highest BCUT2D eigenvalue weighted by Crippen LogP contribution is 2.25. The van der Waals surface area contributed by atoms with Gasteiger partial charge in [-0.1, -0.05) is 6.92 Å². The van der Waals surface area contributed by atoms with Gasteiger partial charge in [0, 0.05) is 24.7 Å². The number of hydrogen-bond donors (Lipinski definition) is 2. The number of nitrogens with one attached hydrogen (secondary N) is 1. The molecule has 0 aromatic heterocycles. The van der Waals surface area contributed by atoms with Crippen LogP contribution in [0.5, 0.6) is 0 Å². The highest BCUT2D eigenvalue weighted by Gasteiger charge is 2.32. The van der Waals surface area contributed by atoms with Crippen molar-refractivity contribution in [3.8, 4) is 0 Å². The first kappa shape index (κ1) is 20.8. The molecule has 1 aromatic carbocycles. The number of amides is 1. The molecule has 0 bridgehead atoms. The molecule has 1 saturated heterocycles. The van der Waals surface area contributed by atoms with Gasteiger partial charge in [0.05, 0.1) is 0 Å². The Hall–Kier alpha value is -1.22. The minimum atomic E-state index is -3.97. The van der Waals surface area contributed by atoms with Gasteiger partial charge in [-0.3, -0.25) is 4.79 Å². The highest BCUT2D eigenvalue weighted by molar-refractivity contribution is 7.89. The average molecular weight is 380 g/mol. The Morgan fingerprint density at radius 2 is 2.12 bits per heavy atom. The van der Waals surface area contributed by atoms with Crippen molar-refractivity contribution in [2.24, 2.45) is 11.7 Å². The van der Waals surface area contributed by atoms with Crippen molar-refractivity contribution in [3.63, 3.8) is 0 Å². The number of hydrogen-bond acceptors (Lipinski definition) is 4. The monoisotopic (exact) mass is 379 g/mol. The molecule has 6 nitrogen and oxygen atoms in total. The van der Waals surface area contributed by atoms with Gasteiger partial charge in [0.25, 0.3) is 5.91 Å². The summed E-state index contributed by atoms with van der Waals surface area (Å²) in [4.78, 5) is 13.9. The lowest BCUT2D eigenvalue weighted by molar-refractivity contribution is 0.0532. The van der Waals surface area contributed by atoms with Gasteiger partial charge in [-0.15, -0.1) is 12.4 Å². The molecule has 0 spiro atoms. The molecule has 1 fully saturated rings. The van der Waals surface area contributed by atoms with Crippen molar-refractivity contribution in [2.75, 3.05) is 20.1 Å². The predicted octanol–water partition coefficient (Wildman–Crippen LogP) is 1.35. The summed E-state index contributed by atoms with van der Waals surface area (Å²) in [5.74, 6) is -0.934. The fourth-order valence-corrected chi connectivity index (χ4v) is 3.81. The Bertz CT molecular complexity index is 699. The summed E-state index contributed by atoms with van der Waals surface area (Å²) in [5.41, 5.74) is 5.93. The van der Waals surface area contributed by atoms with E-state index in [1.165, 1.54) is 13.1 Å². The van der Waals surface area contributed by atoms with Crippen LogP contribution in [-0.2, 0) is 10.0 Å². The molecule has 1 aromatic rings. The van der Waals surface area contributed by atoms with Crippen LogP contribution in [0.1, 0.15) is 30.1 Å². The van der Waals surface area contributed by atoms with Gasteiger partial charge >= 0.3 is 0 Å². The molecule has 1 heterocycles. The minimum Gasteiger partial charge on any atom is -0.334 e. The van der Waals surface area contributed by atoms with Crippen LogP contribution in [0.15, 0.2) is 23.1 Å². The predicted molar refractivity (Wildman–Crippen MR) is 92.2 cm³/mol. The second-order valence-corrected chi connectivity index (χ2v) is 7.63. The van der Waals surface area contributed by atoms with E-state index in [2.05, 4.69) is 4.72 Å². The Balaban J connectivity index is 0.00000288. The molecule has 0 aliphatic carbocycles. The Labute approximate surface area is 148 Å². The smallest absolute Gasteiger partial charge is 0.254 e. The molecule has 3 N–H and O–H groups in total. The number of carbonyl (C=O) groups is 1. The van der Waals surface area contributed by atoms with Crippen molar-refractivity contribution in [1.82, 2.24) is 9.62 Å². The standard InChI is InChI=1S/C15H22FN3O3S.ClH/c1-10-4-3-7-19(13(10)9-17)15(20)11-5-6-12(16)14(8-11)23(21,22)18-2;/h5-6,8,10,13,18H,3-4,7,9,17H2,1-2H3;1H. The van der Waals surface area contributed by atoms with Crippen LogP contribution >= 0.6 is 12.4 Å². The third-order valence-electron chi connectivity index (χ3n) is 4.35. The van der Waals surface area contributed by atoms with Gasteiger partial charge in [0.1, 0.15) is 10.7 Å². The van der Waals surface area contributed by atoms with Crippen LogP contribution in [0.2, 0.25) is 0 Å². The zero-order chi connectivity index (χ0) is 17.2. The minimum absolute atomic E-state index is 0. The molecule has 2 rings (SSSR count). The van der Waals surface area contributed by atoms with Gasteiger partial charge in [-0.2, -0.15) is 0 Å². The summed E-state index contributed by atoms with van der Waals surface area (Å²) in [6.07, 6.45) is 1.86. The lowest BCUT2D eigenvalue weighted by Crippen LogP contribution is -2.51. The fraction of sp³-hybridized carbons (Fsp3) is 0.533. The quantitative estimate of drug-likeness (QED) is 0.826. The first-order valence-corrected chi connectivity index (χ1v) is 9.04. The normalized spacial score (nSPS) is 21.2. The number of sulfonamides is 1. The summed E-state index contributed by atoms with van der Waals surface area (Å²) >= 11 is 0. The Morgan fingerprint density at radius 1 is 1.46 bits per heavy atom. The van der Waals surface area contributed by atoms with Crippen LogP contribution in [0.4, 0.5) is 4.39 Å². The van der Waals surface area contributed by atoms with Gasteiger partial charge in [-0.25, -0.2) is 17.5 Å². The maximum absolute atomic E-state index is 13.8. The number of nitrogens with two attached hydrogens (primary N) is 1. The zero-order valence-electron chi connectivity index (χ0n) is 13.7. The number of nitrogens with zero attached hydrogens (tertiary/aromatic N) is 1. The van der Waals surface area contributed by atoms with Crippen molar-refractivity contribution >= 4 is 28.3 Å². The first-order chi connectivity index (χ1) is 10.8. The average Bonchev–Trinajstić information content (AvgIpc) is 2.54. The van der Waals surface area contributed by atoms with E-state index in [4.69, 9.17) is 5.73 Å². The number of likely N-dealkylation sites (tertiary alicyclic amines) is 1. The molecule has 1 aliphatic heterocycles. The molecule has 24 heavy (non-hydrogen) atoms. The topological polar surface area (TPSA) is 92.5 Å². The van der Waals surface area contributed by atoms with E-state index in [1.807, 2.05) is 6.92 Å². The molecular weight excluding hydrogens is 357 g/mol. The maximum Gasteiger partial charge on any atom is 0.254 e. The van der Waals surface area contributed by atoms with E-state index in [0.29, 0.717) is 13.1 Å². The second kappa shape index (κ2) is 8.24. The van der Waals surface area contributed by atoms with E-state index >= 15 is 0 Å². The molecule has 9 heteroatoms. The Kier molecular flexibility index (Phi) is 7.15. The molecule has 0 radical (unpaired) electrons. The number of benzene rings is 1. The molecule has 2 atom stereocenters. The van der Waals surface area contributed by atoms with Crippen LogP contribution in [-0.4, -0.2) is 45.4 Å². The van der Waals surface area contributed by atoms with Gasteiger partial charge < -0.3 is 10.6 Å². The maximum atomic E-state index is 13.8. The summed E-state index contributed by atoms with van der Waals surface area (Å²) in [6.45, 7) is 2.95. The lowest BCUT2D eigenvalue weighted by atomic mass is 9.90. The summed E-state index contributed by atoms with van der Waals surface area (Å²) in [6, 6.07) is 3.29. The number of rotatable bonds is 4. The third-order valence-corrected chi connectivity index (χ3v) is 5.78. The summed E-state index contributed by atoms with van der Waals surface area (Å²) in [7, 11) is -2.77. The van der Waals surface area contributed by atoms with Gasteiger partial charge in [0.15, 0.2) is 0 Å². The van der Waals surface area contributed by atoms with Crippen LogP contribution in [0.25, 0.3) is 0 Å². The van der Waals surface area contributed by atoms with Gasteiger partial charge in [0.2, 0.25) is 10.0 Å². The van der Waals surface area contributed by atoms with E-state index in [0.717, 1.165) is 25.0 Å². The van der Waals surface area contributed by atoms with Crippen LogP contribution in [0, 0.1) is 11.7 Å².